The van der Waals surface area contributed by atoms with Gasteiger partial charge >= 0.3 is 0 Å². The smallest absolute Gasteiger partial charge is 0.140 e. The number of imidazole rings is 1. The van der Waals surface area contributed by atoms with Crippen LogP contribution in [0.3, 0.4) is 0 Å². The van der Waals surface area contributed by atoms with Crippen molar-refractivity contribution in [3.05, 3.63) is 72.1 Å². The Morgan fingerprint density at radius 3 is 2.27 bits per heavy atom. The van der Waals surface area contributed by atoms with Gasteiger partial charge in [-0.2, -0.15) is 0 Å². The predicted octanol–water partition coefficient (Wildman–Crippen LogP) is 4.71. The van der Waals surface area contributed by atoms with E-state index in [-0.39, 0.29) is 0 Å². The van der Waals surface area contributed by atoms with Gasteiger partial charge in [0.1, 0.15) is 5.82 Å². The lowest BCUT2D eigenvalue weighted by Gasteiger charge is -2.08. The summed E-state index contributed by atoms with van der Waals surface area (Å²) in [7, 11) is 2.12. The van der Waals surface area contributed by atoms with Crippen LogP contribution in [0.5, 0.6) is 0 Å². The first-order valence-corrected chi connectivity index (χ1v) is 7.71. The minimum Gasteiger partial charge on any atom is -0.331 e. The highest BCUT2D eigenvalue weighted by atomic mass is 15.1. The Kier molecular flexibility index (Phi) is 3.15. The van der Waals surface area contributed by atoms with Crippen molar-refractivity contribution in [1.29, 1.82) is 0 Å². The highest BCUT2D eigenvalue weighted by Gasteiger charge is 2.15. The first-order valence-electron chi connectivity index (χ1n) is 7.71. The lowest BCUT2D eigenvalue weighted by atomic mass is 10.0. The number of hydrogen-bond acceptors (Lipinski definition) is 1. The molecule has 2 aromatic carbocycles. The SMILES string of the molecule is Cn1c(-c2ccc(-c3ccccc3)cc2)nc2c1CCC=C2. The third-order valence-electron chi connectivity index (χ3n) is 4.32. The molecule has 1 aliphatic carbocycles. The van der Waals surface area contributed by atoms with Crippen molar-refractivity contribution >= 4 is 6.08 Å². The maximum atomic E-state index is 4.80. The van der Waals surface area contributed by atoms with Crippen molar-refractivity contribution in [2.75, 3.05) is 0 Å². The van der Waals surface area contributed by atoms with Crippen LogP contribution in [0.1, 0.15) is 17.8 Å². The zero-order chi connectivity index (χ0) is 14.9. The summed E-state index contributed by atoms with van der Waals surface area (Å²) in [6.07, 6.45) is 6.54. The fourth-order valence-corrected chi connectivity index (χ4v) is 3.10. The Hall–Kier alpha value is -2.61. The van der Waals surface area contributed by atoms with Crippen LogP contribution in [0, 0.1) is 0 Å². The maximum Gasteiger partial charge on any atom is 0.140 e. The molecule has 2 heteroatoms. The number of nitrogens with zero attached hydrogens (tertiary/aromatic N) is 2. The quantitative estimate of drug-likeness (QED) is 0.667. The molecule has 0 saturated heterocycles. The van der Waals surface area contributed by atoms with Crippen molar-refractivity contribution in [2.45, 2.75) is 12.8 Å². The van der Waals surface area contributed by atoms with E-state index < -0.39 is 0 Å². The van der Waals surface area contributed by atoms with Gasteiger partial charge in [0.05, 0.1) is 5.69 Å². The maximum absolute atomic E-state index is 4.80. The average Bonchev–Trinajstić information content (AvgIpc) is 2.93. The van der Waals surface area contributed by atoms with Gasteiger partial charge in [0, 0.05) is 18.3 Å². The molecule has 0 bridgehead atoms. The molecule has 0 spiro atoms. The van der Waals surface area contributed by atoms with Crippen LogP contribution in [0.25, 0.3) is 28.6 Å². The number of benzene rings is 2. The number of hydrogen-bond donors (Lipinski definition) is 0. The van der Waals surface area contributed by atoms with E-state index in [4.69, 9.17) is 4.98 Å². The van der Waals surface area contributed by atoms with Crippen LogP contribution >= 0.6 is 0 Å². The van der Waals surface area contributed by atoms with Crippen LogP contribution in [-0.4, -0.2) is 9.55 Å². The van der Waals surface area contributed by atoms with E-state index in [1.54, 1.807) is 0 Å². The minimum atomic E-state index is 1.05. The molecule has 0 unspecified atom stereocenters. The monoisotopic (exact) mass is 286 g/mol. The Balaban J connectivity index is 1.72. The summed E-state index contributed by atoms with van der Waals surface area (Å²) in [5.74, 6) is 1.05. The van der Waals surface area contributed by atoms with Crippen molar-refractivity contribution in [3.63, 3.8) is 0 Å². The van der Waals surface area contributed by atoms with Crippen molar-refractivity contribution < 1.29 is 0 Å². The fourth-order valence-electron chi connectivity index (χ4n) is 3.10. The molecule has 1 heterocycles. The van der Waals surface area contributed by atoms with E-state index in [0.29, 0.717) is 0 Å². The molecule has 0 N–H and O–H groups in total. The Morgan fingerprint density at radius 2 is 1.55 bits per heavy atom. The summed E-state index contributed by atoms with van der Waals surface area (Å²) < 4.78 is 2.23. The van der Waals surface area contributed by atoms with Gasteiger partial charge in [-0.1, -0.05) is 60.7 Å². The molecule has 0 radical (unpaired) electrons. The van der Waals surface area contributed by atoms with Gasteiger partial charge in [-0.05, 0) is 30.0 Å². The van der Waals surface area contributed by atoms with Gasteiger partial charge in [-0.15, -0.1) is 0 Å². The van der Waals surface area contributed by atoms with Crippen molar-refractivity contribution in [2.24, 2.45) is 7.05 Å². The molecule has 3 aromatic rings. The van der Waals surface area contributed by atoms with E-state index in [9.17, 15) is 0 Å². The van der Waals surface area contributed by atoms with E-state index in [1.807, 2.05) is 6.07 Å². The Labute approximate surface area is 130 Å². The largest absolute Gasteiger partial charge is 0.331 e. The molecule has 0 saturated carbocycles. The van der Waals surface area contributed by atoms with Gasteiger partial charge in [0.25, 0.3) is 0 Å². The number of allylic oxidation sites excluding steroid dienone is 1. The average molecular weight is 286 g/mol. The standard InChI is InChI=1S/C20H18N2/c1-22-19-10-6-5-9-18(19)21-20(22)17-13-11-16(12-14-17)15-7-3-2-4-8-15/h2-5,7-9,11-14H,6,10H2,1H3. The van der Waals surface area contributed by atoms with E-state index in [0.717, 1.165) is 24.4 Å². The van der Waals surface area contributed by atoms with E-state index in [2.05, 4.69) is 72.3 Å². The molecular weight excluding hydrogens is 268 g/mol. The van der Waals surface area contributed by atoms with Gasteiger partial charge in [0.2, 0.25) is 0 Å². The third kappa shape index (κ3) is 2.17. The molecule has 108 valence electrons. The molecule has 0 atom stereocenters. The topological polar surface area (TPSA) is 17.8 Å². The summed E-state index contributed by atoms with van der Waals surface area (Å²) in [4.78, 5) is 4.80. The number of fused-ring (bicyclic) bond motifs is 1. The summed E-state index contributed by atoms with van der Waals surface area (Å²) in [5, 5.41) is 0. The normalized spacial score (nSPS) is 13.1. The molecule has 4 rings (SSSR count). The molecule has 22 heavy (non-hydrogen) atoms. The lowest BCUT2D eigenvalue weighted by molar-refractivity contribution is 0.809. The van der Waals surface area contributed by atoms with Crippen LogP contribution in [-0.2, 0) is 13.5 Å². The fraction of sp³-hybridized carbons (Fsp3) is 0.150. The van der Waals surface area contributed by atoms with Crippen LogP contribution in [0.2, 0.25) is 0 Å². The molecular formula is C20H18N2. The second-order valence-corrected chi connectivity index (χ2v) is 5.71. The first kappa shape index (κ1) is 13.1. The number of rotatable bonds is 2. The molecule has 0 aliphatic heterocycles. The zero-order valence-electron chi connectivity index (χ0n) is 12.7. The van der Waals surface area contributed by atoms with Crippen LogP contribution in [0.15, 0.2) is 60.7 Å². The first-order chi connectivity index (χ1) is 10.8. The highest BCUT2D eigenvalue weighted by molar-refractivity contribution is 5.69. The lowest BCUT2D eigenvalue weighted by Crippen LogP contribution is -2.01. The molecule has 0 amide bonds. The molecule has 0 fully saturated rings. The second-order valence-electron chi connectivity index (χ2n) is 5.71. The second kappa shape index (κ2) is 5.30. The molecule has 1 aliphatic rings. The van der Waals surface area contributed by atoms with Gasteiger partial charge in [-0.25, -0.2) is 4.98 Å². The van der Waals surface area contributed by atoms with Crippen LogP contribution in [0.4, 0.5) is 0 Å². The summed E-state index contributed by atoms with van der Waals surface area (Å²) >= 11 is 0. The van der Waals surface area contributed by atoms with Crippen molar-refractivity contribution in [1.82, 2.24) is 9.55 Å². The van der Waals surface area contributed by atoms with Gasteiger partial charge in [-0.3, -0.25) is 0 Å². The van der Waals surface area contributed by atoms with E-state index in [1.165, 1.54) is 22.4 Å². The zero-order valence-corrected chi connectivity index (χ0v) is 12.7. The summed E-state index contributed by atoms with van der Waals surface area (Å²) in [6, 6.07) is 19.1. The Bertz CT molecular complexity index is 824. The van der Waals surface area contributed by atoms with Gasteiger partial charge in [0.15, 0.2) is 0 Å². The van der Waals surface area contributed by atoms with E-state index >= 15 is 0 Å². The van der Waals surface area contributed by atoms with Crippen LogP contribution < -0.4 is 0 Å². The minimum absolute atomic E-state index is 1.05. The Morgan fingerprint density at radius 1 is 0.864 bits per heavy atom. The summed E-state index contributed by atoms with van der Waals surface area (Å²) in [6.45, 7) is 0. The molecule has 2 nitrogen and oxygen atoms in total. The highest BCUT2D eigenvalue weighted by Crippen LogP contribution is 2.28. The van der Waals surface area contributed by atoms with Crippen molar-refractivity contribution in [3.8, 4) is 22.5 Å². The predicted molar refractivity (Wildman–Crippen MR) is 91.4 cm³/mol. The van der Waals surface area contributed by atoms with Gasteiger partial charge < -0.3 is 4.57 Å². The summed E-state index contributed by atoms with van der Waals surface area (Å²) in [5.41, 5.74) is 6.12. The third-order valence-corrected chi connectivity index (χ3v) is 4.32. The molecule has 1 aromatic heterocycles. The number of aromatic nitrogens is 2.